The molecular formula is C21H22F2N5OY-. The fourth-order valence-electron chi connectivity index (χ4n) is 3.10. The Kier molecular flexibility index (Phi) is 9.84. The van der Waals surface area contributed by atoms with E-state index in [-0.39, 0.29) is 51.0 Å². The first-order chi connectivity index (χ1) is 14.2. The van der Waals surface area contributed by atoms with Gasteiger partial charge >= 0.3 is 0 Å². The molecule has 3 heterocycles. The van der Waals surface area contributed by atoms with Crippen molar-refractivity contribution in [1.82, 2.24) is 15.0 Å². The molecule has 1 aromatic carbocycles. The molecule has 0 bridgehead atoms. The second-order valence-corrected chi connectivity index (χ2v) is 6.49. The summed E-state index contributed by atoms with van der Waals surface area (Å²) in [5.41, 5.74) is 2.08. The molecule has 2 N–H and O–H groups in total. The zero-order chi connectivity index (χ0) is 20.6. The number of aromatic nitrogens is 3. The van der Waals surface area contributed by atoms with E-state index in [9.17, 15) is 8.78 Å². The molecule has 0 amide bonds. The smallest absolute Gasteiger partial charge is 0.134 e. The molecule has 2 aromatic heterocycles. The number of aliphatic hydroxyl groups is 1. The van der Waals surface area contributed by atoms with Crippen molar-refractivity contribution in [3.05, 3.63) is 71.8 Å². The Morgan fingerprint density at radius 3 is 2.63 bits per heavy atom. The number of hydrogen-bond donors (Lipinski definition) is 2. The monoisotopic (exact) mass is 487 g/mol. The van der Waals surface area contributed by atoms with Crippen LogP contribution >= 0.6 is 0 Å². The molecule has 155 valence electrons. The van der Waals surface area contributed by atoms with Crippen molar-refractivity contribution in [3.63, 3.8) is 0 Å². The number of nitrogens with zero attached hydrogens (tertiary/aromatic N) is 4. The maximum absolute atomic E-state index is 13.8. The Morgan fingerprint density at radius 1 is 1.10 bits per heavy atom. The van der Waals surface area contributed by atoms with Crippen LogP contribution in [0.25, 0.3) is 16.6 Å². The molecule has 1 radical (unpaired) electrons. The van der Waals surface area contributed by atoms with Gasteiger partial charge in [-0.3, -0.25) is 4.98 Å². The van der Waals surface area contributed by atoms with Crippen molar-refractivity contribution in [2.75, 3.05) is 25.5 Å². The average molecular weight is 487 g/mol. The minimum atomic E-state index is -0.978. The quantitative estimate of drug-likeness (QED) is 0.576. The third-order valence-corrected chi connectivity index (χ3v) is 4.38. The molecule has 4 rings (SSSR count). The molecule has 0 aliphatic carbocycles. The predicted molar refractivity (Wildman–Crippen MR) is 108 cm³/mol. The second-order valence-electron chi connectivity index (χ2n) is 6.49. The number of benzene rings is 1. The van der Waals surface area contributed by atoms with Gasteiger partial charge < -0.3 is 15.7 Å². The summed E-state index contributed by atoms with van der Waals surface area (Å²) in [7, 11) is 1.00. The van der Waals surface area contributed by atoms with Gasteiger partial charge in [-0.25, -0.2) is 18.7 Å². The maximum atomic E-state index is 13.8. The Balaban J connectivity index is 0.00000104. The van der Waals surface area contributed by atoms with E-state index in [0.717, 1.165) is 12.7 Å². The number of anilines is 2. The van der Waals surface area contributed by atoms with Crippen LogP contribution in [0.2, 0.25) is 0 Å². The van der Waals surface area contributed by atoms with Crippen LogP contribution in [-0.4, -0.2) is 46.4 Å². The number of pyridine rings is 1. The van der Waals surface area contributed by atoms with E-state index in [2.05, 4.69) is 25.6 Å². The minimum absolute atomic E-state index is 0. The van der Waals surface area contributed by atoms with E-state index in [1.54, 1.807) is 30.6 Å². The van der Waals surface area contributed by atoms with Crippen molar-refractivity contribution in [1.29, 1.82) is 0 Å². The molecule has 3 aromatic rings. The average Bonchev–Trinajstić information content (AvgIpc) is 2.76. The third-order valence-electron chi connectivity index (χ3n) is 4.38. The zero-order valence-corrected chi connectivity index (χ0v) is 19.4. The van der Waals surface area contributed by atoms with Crippen LogP contribution in [0.1, 0.15) is 18.2 Å². The van der Waals surface area contributed by atoms with Crippen molar-refractivity contribution in [2.45, 2.75) is 18.5 Å². The summed E-state index contributed by atoms with van der Waals surface area (Å²) in [5.74, 6) is 0.526. The van der Waals surface area contributed by atoms with Crippen LogP contribution < -0.4 is 5.32 Å². The summed E-state index contributed by atoms with van der Waals surface area (Å²) < 4.78 is 27.3. The van der Waals surface area contributed by atoms with Crippen LogP contribution in [0.3, 0.4) is 0 Å². The van der Waals surface area contributed by atoms with E-state index < -0.39 is 6.17 Å². The van der Waals surface area contributed by atoms with Gasteiger partial charge in [0.05, 0.1) is 11.9 Å². The van der Waals surface area contributed by atoms with Gasteiger partial charge in [0, 0.05) is 75.4 Å². The summed E-state index contributed by atoms with van der Waals surface area (Å²) >= 11 is 0. The molecule has 1 aliphatic heterocycles. The number of piperidine rings is 1. The number of alkyl halides is 1. The molecular weight excluding hydrogens is 465 g/mol. The van der Waals surface area contributed by atoms with Crippen molar-refractivity contribution >= 4 is 11.5 Å². The van der Waals surface area contributed by atoms with Crippen LogP contribution in [0, 0.1) is 5.82 Å². The van der Waals surface area contributed by atoms with E-state index in [1.807, 2.05) is 12.1 Å². The molecule has 2 unspecified atom stereocenters. The van der Waals surface area contributed by atoms with Gasteiger partial charge in [0.1, 0.15) is 17.5 Å². The minimum Gasteiger partial charge on any atom is -0.659 e. The first-order valence-electron chi connectivity index (χ1n) is 9.21. The molecule has 9 heteroatoms. The molecule has 1 aliphatic rings. The molecule has 2 atom stereocenters. The van der Waals surface area contributed by atoms with Gasteiger partial charge in [-0.2, -0.15) is 0 Å². The number of nitrogens with one attached hydrogen (secondary N) is 1. The van der Waals surface area contributed by atoms with Gasteiger partial charge in [-0.1, -0.05) is 6.07 Å². The normalized spacial score (nSPS) is 17.9. The standard InChI is InChI=1S/C20H18F2N5.CH4O.Y/c21-15-4-1-5-17(8-15)25-19-9-18(13-3-2-6-23-10-13)26-20(27-19)14-7-16(22)12-24-11-14;1-2;/h1-6,8-10,14,16H,7,11-12H2,(H,25,26,27);2H,1H3;/q-1;;. The van der Waals surface area contributed by atoms with Crippen LogP contribution in [0.5, 0.6) is 0 Å². The Bertz CT molecular complexity index is 932. The van der Waals surface area contributed by atoms with Gasteiger partial charge in [0.25, 0.3) is 0 Å². The fraction of sp³-hybridized carbons (Fsp3) is 0.286. The van der Waals surface area contributed by atoms with Gasteiger partial charge in [0.2, 0.25) is 0 Å². The Labute approximate surface area is 199 Å². The zero-order valence-electron chi connectivity index (χ0n) is 16.5. The largest absolute Gasteiger partial charge is 0.659 e. The number of halogens is 2. The predicted octanol–water partition coefficient (Wildman–Crippen LogP) is 4.23. The first-order valence-corrected chi connectivity index (χ1v) is 9.21. The van der Waals surface area contributed by atoms with Crippen LogP contribution in [0.15, 0.2) is 54.9 Å². The topological polar surface area (TPSA) is 85.0 Å². The van der Waals surface area contributed by atoms with Crippen LogP contribution in [0.4, 0.5) is 20.3 Å². The van der Waals surface area contributed by atoms with Crippen LogP contribution in [-0.2, 0) is 32.7 Å². The number of rotatable bonds is 4. The fourth-order valence-corrected chi connectivity index (χ4v) is 3.10. The van der Waals surface area contributed by atoms with E-state index >= 15 is 0 Å². The molecule has 6 nitrogen and oxygen atoms in total. The Hall–Kier alpha value is -1.87. The van der Waals surface area contributed by atoms with Gasteiger partial charge in [0.15, 0.2) is 0 Å². The van der Waals surface area contributed by atoms with Crippen molar-refractivity contribution in [2.24, 2.45) is 0 Å². The van der Waals surface area contributed by atoms with Crippen molar-refractivity contribution < 1.29 is 46.6 Å². The number of aliphatic hydroxyl groups excluding tert-OH is 1. The van der Waals surface area contributed by atoms with Gasteiger partial charge in [-0.05, 0) is 36.8 Å². The first kappa shape index (κ1) is 24.4. The second kappa shape index (κ2) is 12.1. The summed E-state index contributed by atoms with van der Waals surface area (Å²) in [4.78, 5) is 13.3. The van der Waals surface area contributed by atoms with Crippen molar-refractivity contribution in [3.8, 4) is 11.3 Å². The molecule has 0 spiro atoms. The molecule has 1 fully saturated rings. The Morgan fingerprint density at radius 2 is 1.93 bits per heavy atom. The van der Waals surface area contributed by atoms with E-state index in [4.69, 9.17) is 5.11 Å². The summed E-state index contributed by atoms with van der Waals surface area (Å²) in [6.45, 7) is 0.726. The number of hydrogen-bond acceptors (Lipinski definition) is 5. The SMILES string of the molecule is CO.Fc1cccc(Nc2cc(-c3cccnc3)nc(C3C[N-]CC(F)C3)n2)c1.[Y]. The molecule has 0 saturated carbocycles. The molecule has 30 heavy (non-hydrogen) atoms. The third kappa shape index (κ3) is 6.57. The molecule has 1 saturated heterocycles. The van der Waals surface area contributed by atoms with E-state index in [0.29, 0.717) is 36.0 Å². The summed E-state index contributed by atoms with van der Waals surface area (Å²) in [6.07, 6.45) is 2.76. The van der Waals surface area contributed by atoms with Gasteiger partial charge in [-0.15, -0.1) is 13.1 Å². The maximum Gasteiger partial charge on any atom is 0.134 e. The summed E-state index contributed by atoms with van der Waals surface area (Å²) in [5, 5.41) is 14.3. The van der Waals surface area contributed by atoms with E-state index in [1.165, 1.54) is 12.1 Å². The summed E-state index contributed by atoms with van der Waals surface area (Å²) in [6, 6.07) is 11.6.